The van der Waals surface area contributed by atoms with Crippen LogP contribution in [-0.2, 0) is 4.74 Å². The van der Waals surface area contributed by atoms with E-state index in [-0.39, 0.29) is 11.8 Å². The molecule has 0 N–H and O–H groups in total. The molecule has 0 aliphatic rings. The Morgan fingerprint density at radius 3 is 2.61 bits per heavy atom. The topological polar surface area (TPSA) is 42.7 Å². The lowest BCUT2D eigenvalue weighted by molar-refractivity contribution is 0.0559. The highest BCUT2D eigenvalue weighted by Crippen LogP contribution is 2.22. The summed E-state index contributed by atoms with van der Waals surface area (Å²) in [6, 6.07) is 3.65. The van der Waals surface area contributed by atoms with Crippen molar-refractivity contribution < 1.29 is 13.9 Å². The Labute approximate surface area is 109 Å². The van der Waals surface area contributed by atoms with Crippen molar-refractivity contribution in [2.45, 2.75) is 33.2 Å². The fourth-order valence-corrected chi connectivity index (χ4v) is 1.66. The largest absolute Gasteiger partial charge is 0.463 e. The molecule has 0 aliphatic carbocycles. The number of methoxy groups -OCH3 is 1. The van der Waals surface area contributed by atoms with Crippen LogP contribution in [-0.4, -0.2) is 31.6 Å². The first-order valence-corrected chi connectivity index (χ1v) is 6.34. The zero-order valence-electron chi connectivity index (χ0n) is 11.9. The molecule has 1 unspecified atom stereocenters. The molecule has 0 radical (unpaired) electrons. The lowest BCUT2D eigenvalue weighted by Gasteiger charge is -2.23. The van der Waals surface area contributed by atoms with Crippen LogP contribution in [0.25, 0.3) is 0 Å². The van der Waals surface area contributed by atoms with Crippen molar-refractivity contribution >= 4 is 5.97 Å². The first-order chi connectivity index (χ1) is 8.45. The minimum atomic E-state index is -0.432. The average Bonchev–Trinajstić information content (AvgIpc) is 2.83. The van der Waals surface area contributed by atoms with Gasteiger partial charge in [-0.15, -0.1) is 0 Å². The van der Waals surface area contributed by atoms with Gasteiger partial charge in [-0.2, -0.15) is 0 Å². The number of carbonyl (C=O) groups excluding carboxylic acids is 1. The number of esters is 1. The lowest BCUT2D eigenvalue weighted by Crippen LogP contribution is -2.24. The van der Waals surface area contributed by atoms with E-state index in [1.54, 1.807) is 6.07 Å². The van der Waals surface area contributed by atoms with Crippen LogP contribution in [0.5, 0.6) is 0 Å². The predicted octanol–water partition coefficient (Wildman–Crippen LogP) is 3.11. The molecule has 4 nitrogen and oxygen atoms in total. The van der Waals surface area contributed by atoms with E-state index in [9.17, 15) is 4.79 Å². The zero-order chi connectivity index (χ0) is 13.7. The maximum Gasteiger partial charge on any atom is 0.373 e. The van der Waals surface area contributed by atoms with E-state index >= 15 is 0 Å². The van der Waals surface area contributed by atoms with E-state index in [1.807, 2.05) is 6.07 Å². The minimum absolute atomic E-state index is 0.155. The van der Waals surface area contributed by atoms with Crippen LogP contribution in [0, 0.1) is 5.92 Å². The van der Waals surface area contributed by atoms with Crippen molar-refractivity contribution in [1.82, 2.24) is 4.90 Å². The van der Waals surface area contributed by atoms with Gasteiger partial charge in [0.25, 0.3) is 0 Å². The summed E-state index contributed by atoms with van der Waals surface area (Å²) in [6.07, 6.45) is 1.14. The Morgan fingerprint density at radius 2 is 2.06 bits per heavy atom. The van der Waals surface area contributed by atoms with Gasteiger partial charge in [0.05, 0.1) is 13.2 Å². The van der Waals surface area contributed by atoms with Gasteiger partial charge in [-0.25, -0.2) is 4.79 Å². The summed E-state index contributed by atoms with van der Waals surface area (Å²) in [4.78, 5) is 13.5. The zero-order valence-corrected chi connectivity index (χ0v) is 11.9. The second-order valence-corrected chi connectivity index (χ2v) is 5.03. The molecule has 1 atom stereocenters. The second kappa shape index (κ2) is 6.59. The summed E-state index contributed by atoms with van der Waals surface area (Å²) < 4.78 is 10.1. The van der Waals surface area contributed by atoms with Gasteiger partial charge >= 0.3 is 5.97 Å². The first kappa shape index (κ1) is 14.8. The SMILES string of the molecule is COC(=O)c1ccc(C(C)N(C)CCC(C)C)o1. The summed E-state index contributed by atoms with van der Waals surface area (Å²) in [5.74, 6) is 1.30. The fraction of sp³-hybridized carbons (Fsp3) is 0.643. The third kappa shape index (κ3) is 3.88. The summed E-state index contributed by atoms with van der Waals surface area (Å²) in [5, 5.41) is 0. The third-order valence-corrected chi connectivity index (χ3v) is 3.15. The Morgan fingerprint density at radius 1 is 1.39 bits per heavy atom. The molecule has 1 heterocycles. The standard InChI is InChI=1S/C14H23NO3/c1-10(2)8-9-15(4)11(3)12-6-7-13(18-12)14(16)17-5/h6-7,10-11H,8-9H2,1-5H3. The van der Waals surface area contributed by atoms with E-state index in [2.05, 4.69) is 37.5 Å². The highest BCUT2D eigenvalue weighted by atomic mass is 16.5. The molecular formula is C14H23NO3. The Balaban J connectivity index is 2.63. The number of ether oxygens (including phenoxy) is 1. The lowest BCUT2D eigenvalue weighted by atomic mass is 10.1. The van der Waals surface area contributed by atoms with Gasteiger partial charge in [-0.05, 0) is 45.0 Å². The van der Waals surface area contributed by atoms with Crippen LogP contribution in [0.4, 0.5) is 0 Å². The molecular weight excluding hydrogens is 230 g/mol. The number of furan rings is 1. The Kier molecular flexibility index (Phi) is 5.41. The van der Waals surface area contributed by atoms with Crippen LogP contribution >= 0.6 is 0 Å². The van der Waals surface area contributed by atoms with Gasteiger partial charge in [-0.1, -0.05) is 13.8 Å². The van der Waals surface area contributed by atoms with Crippen molar-refractivity contribution in [2.75, 3.05) is 20.7 Å². The third-order valence-electron chi connectivity index (χ3n) is 3.15. The molecule has 0 bridgehead atoms. The van der Waals surface area contributed by atoms with Crippen LogP contribution in [0.15, 0.2) is 16.5 Å². The van der Waals surface area contributed by atoms with Crippen LogP contribution in [0.3, 0.4) is 0 Å². The number of hydrogen-bond donors (Lipinski definition) is 0. The van der Waals surface area contributed by atoms with E-state index < -0.39 is 5.97 Å². The summed E-state index contributed by atoms with van der Waals surface area (Å²) in [7, 11) is 3.41. The summed E-state index contributed by atoms with van der Waals surface area (Å²) >= 11 is 0. The Bertz CT molecular complexity index is 384. The molecule has 0 saturated carbocycles. The maximum atomic E-state index is 11.3. The first-order valence-electron chi connectivity index (χ1n) is 6.34. The molecule has 0 amide bonds. The van der Waals surface area contributed by atoms with Crippen LogP contribution < -0.4 is 0 Å². The average molecular weight is 253 g/mol. The number of carbonyl (C=O) groups is 1. The molecule has 1 rings (SSSR count). The molecule has 0 aliphatic heterocycles. The quantitative estimate of drug-likeness (QED) is 0.731. The maximum absolute atomic E-state index is 11.3. The van der Waals surface area contributed by atoms with E-state index in [0.29, 0.717) is 5.92 Å². The monoisotopic (exact) mass is 253 g/mol. The molecule has 0 spiro atoms. The number of rotatable bonds is 6. The minimum Gasteiger partial charge on any atom is -0.463 e. The second-order valence-electron chi connectivity index (χ2n) is 5.03. The van der Waals surface area contributed by atoms with Gasteiger partial charge in [0, 0.05) is 0 Å². The predicted molar refractivity (Wildman–Crippen MR) is 70.5 cm³/mol. The highest BCUT2D eigenvalue weighted by Gasteiger charge is 2.18. The van der Waals surface area contributed by atoms with Gasteiger partial charge < -0.3 is 9.15 Å². The smallest absolute Gasteiger partial charge is 0.373 e. The Hall–Kier alpha value is -1.29. The van der Waals surface area contributed by atoms with E-state index in [4.69, 9.17) is 4.42 Å². The molecule has 102 valence electrons. The summed E-state index contributed by atoms with van der Waals surface area (Å²) in [5.41, 5.74) is 0. The van der Waals surface area contributed by atoms with Crippen molar-refractivity contribution in [2.24, 2.45) is 5.92 Å². The van der Waals surface area contributed by atoms with Crippen molar-refractivity contribution in [3.8, 4) is 0 Å². The fourth-order valence-electron chi connectivity index (χ4n) is 1.66. The number of hydrogen-bond acceptors (Lipinski definition) is 4. The van der Waals surface area contributed by atoms with Gasteiger partial charge in [0.1, 0.15) is 5.76 Å². The van der Waals surface area contributed by atoms with Gasteiger partial charge in [0.15, 0.2) is 0 Å². The normalized spacial score (nSPS) is 13.1. The summed E-state index contributed by atoms with van der Waals surface area (Å²) in [6.45, 7) is 7.49. The van der Waals surface area contributed by atoms with Crippen molar-refractivity contribution in [1.29, 1.82) is 0 Å². The van der Waals surface area contributed by atoms with Crippen LogP contribution in [0.1, 0.15) is 49.5 Å². The van der Waals surface area contributed by atoms with E-state index in [0.717, 1.165) is 18.7 Å². The molecule has 0 saturated heterocycles. The molecule has 0 aromatic carbocycles. The molecule has 1 aromatic rings. The molecule has 1 aromatic heterocycles. The van der Waals surface area contributed by atoms with Gasteiger partial charge in [0.2, 0.25) is 5.76 Å². The number of nitrogens with zero attached hydrogens (tertiary/aromatic N) is 1. The molecule has 4 heteroatoms. The molecule has 0 fully saturated rings. The molecule has 18 heavy (non-hydrogen) atoms. The van der Waals surface area contributed by atoms with Crippen molar-refractivity contribution in [3.63, 3.8) is 0 Å². The van der Waals surface area contributed by atoms with E-state index in [1.165, 1.54) is 7.11 Å². The van der Waals surface area contributed by atoms with Crippen LogP contribution in [0.2, 0.25) is 0 Å². The van der Waals surface area contributed by atoms with Crippen molar-refractivity contribution in [3.05, 3.63) is 23.7 Å². The highest BCUT2D eigenvalue weighted by molar-refractivity contribution is 5.86. The van der Waals surface area contributed by atoms with Gasteiger partial charge in [-0.3, -0.25) is 4.90 Å².